The molecule has 0 bridgehead atoms. The zero-order chi connectivity index (χ0) is 15.1. The highest BCUT2D eigenvalue weighted by Crippen LogP contribution is 2.13. The maximum absolute atomic E-state index is 5.25. The van der Waals surface area contributed by atoms with E-state index in [1.54, 1.807) is 18.9 Å². The SMILES string of the molecule is COCCNCc1cn(Cc2cc(OC)cc(C)n2)nn1. The predicted octanol–water partition coefficient (Wildman–Crippen LogP) is 0.774. The summed E-state index contributed by atoms with van der Waals surface area (Å²) < 4.78 is 12.0. The number of rotatable bonds is 8. The first kappa shape index (κ1) is 15.4. The summed E-state index contributed by atoms with van der Waals surface area (Å²) in [5, 5.41) is 11.5. The van der Waals surface area contributed by atoms with Crippen LogP contribution in [0.2, 0.25) is 0 Å². The van der Waals surface area contributed by atoms with Crippen LogP contribution in [0.15, 0.2) is 18.3 Å². The monoisotopic (exact) mass is 291 g/mol. The van der Waals surface area contributed by atoms with Crippen molar-refractivity contribution in [3.63, 3.8) is 0 Å². The fourth-order valence-corrected chi connectivity index (χ4v) is 1.96. The van der Waals surface area contributed by atoms with E-state index < -0.39 is 0 Å². The van der Waals surface area contributed by atoms with Gasteiger partial charge in [-0.15, -0.1) is 5.10 Å². The van der Waals surface area contributed by atoms with E-state index in [0.29, 0.717) is 19.7 Å². The van der Waals surface area contributed by atoms with Crippen molar-refractivity contribution in [2.24, 2.45) is 0 Å². The molecule has 2 rings (SSSR count). The van der Waals surface area contributed by atoms with Crippen LogP contribution in [-0.2, 0) is 17.8 Å². The van der Waals surface area contributed by atoms with E-state index in [1.807, 2.05) is 25.3 Å². The van der Waals surface area contributed by atoms with Crippen LogP contribution in [0.3, 0.4) is 0 Å². The Morgan fingerprint density at radius 1 is 1.24 bits per heavy atom. The quantitative estimate of drug-likeness (QED) is 0.724. The maximum atomic E-state index is 5.25. The Hall–Kier alpha value is -1.99. The van der Waals surface area contributed by atoms with Gasteiger partial charge in [-0.25, -0.2) is 4.68 Å². The van der Waals surface area contributed by atoms with Crippen LogP contribution in [0, 0.1) is 6.92 Å². The molecule has 21 heavy (non-hydrogen) atoms. The zero-order valence-corrected chi connectivity index (χ0v) is 12.7. The Bertz CT molecular complexity index is 570. The Kier molecular flexibility index (Phi) is 5.65. The van der Waals surface area contributed by atoms with Gasteiger partial charge in [0.15, 0.2) is 0 Å². The third kappa shape index (κ3) is 4.80. The number of methoxy groups -OCH3 is 2. The number of hydrogen-bond acceptors (Lipinski definition) is 6. The number of hydrogen-bond donors (Lipinski definition) is 1. The molecular formula is C14H21N5O2. The lowest BCUT2D eigenvalue weighted by atomic mass is 10.3. The van der Waals surface area contributed by atoms with Gasteiger partial charge in [-0.2, -0.15) is 0 Å². The number of aromatic nitrogens is 4. The lowest BCUT2D eigenvalue weighted by molar-refractivity contribution is 0.199. The number of nitrogens with one attached hydrogen (secondary N) is 1. The number of nitrogens with zero attached hydrogens (tertiary/aromatic N) is 4. The average Bonchev–Trinajstić information content (AvgIpc) is 2.90. The average molecular weight is 291 g/mol. The van der Waals surface area contributed by atoms with Gasteiger partial charge >= 0.3 is 0 Å². The third-order valence-corrected chi connectivity index (χ3v) is 2.91. The molecule has 0 amide bonds. The summed E-state index contributed by atoms with van der Waals surface area (Å²) in [6.45, 7) is 4.66. The molecule has 0 spiro atoms. The van der Waals surface area contributed by atoms with Crippen molar-refractivity contribution in [1.82, 2.24) is 25.3 Å². The van der Waals surface area contributed by atoms with Gasteiger partial charge in [-0.3, -0.25) is 4.98 Å². The molecule has 0 aliphatic carbocycles. The Morgan fingerprint density at radius 2 is 2.10 bits per heavy atom. The number of pyridine rings is 1. The van der Waals surface area contributed by atoms with E-state index >= 15 is 0 Å². The fraction of sp³-hybridized carbons (Fsp3) is 0.500. The van der Waals surface area contributed by atoms with E-state index in [1.165, 1.54) is 0 Å². The van der Waals surface area contributed by atoms with Crippen LogP contribution >= 0.6 is 0 Å². The van der Waals surface area contributed by atoms with E-state index in [9.17, 15) is 0 Å². The summed E-state index contributed by atoms with van der Waals surface area (Å²) in [5.74, 6) is 0.805. The van der Waals surface area contributed by atoms with Crippen molar-refractivity contribution >= 4 is 0 Å². The van der Waals surface area contributed by atoms with Gasteiger partial charge in [0.1, 0.15) is 5.75 Å². The molecule has 0 aromatic carbocycles. The van der Waals surface area contributed by atoms with Gasteiger partial charge in [0.25, 0.3) is 0 Å². The van der Waals surface area contributed by atoms with Gasteiger partial charge < -0.3 is 14.8 Å². The Morgan fingerprint density at radius 3 is 2.86 bits per heavy atom. The maximum Gasteiger partial charge on any atom is 0.122 e. The van der Waals surface area contributed by atoms with E-state index in [0.717, 1.165) is 29.4 Å². The molecule has 0 saturated carbocycles. The van der Waals surface area contributed by atoms with Crippen molar-refractivity contribution in [1.29, 1.82) is 0 Å². The van der Waals surface area contributed by atoms with Crippen molar-refractivity contribution in [3.8, 4) is 5.75 Å². The first-order chi connectivity index (χ1) is 10.2. The molecule has 0 aliphatic heterocycles. The molecule has 2 aromatic rings. The van der Waals surface area contributed by atoms with Crippen LogP contribution in [0.4, 0.5) is 0 Å². The summed E-state index contributed by atoms with van der Waals surface area (Å²) >= 11 is 0. The fourth-order valence-electron chi connectivity index (χ4n) is 1.96. The second-order valence-corrected chi connectivity index (χ2v) is 4.72. The molecule has 114 valence electrons. The molecule has 7 nitrogen and oxygen atoms in total. The summed E-state index contributed by atoms with van der Waals surface area (Å²) in [6.07, 6.45) is 1.91. The summed E-state index contributed by atoms with van der Waals surface area (Å²) in [6, 6.07) is 3.81. The minimum Gasteiger partial charge on any atom is -0.497 e. The lowest BCUT2D eigenvalue weighted by Gasteiger charge is -2.05. The first-order valence-electron chi connectivity index (χ1n) is 6.81. The molecule has 0 radical (unpaired) electrons. The molecular weight excluding hydrogens is 270 g/mol. The summed E-state index contributed by atoms with van der Waals surface area (Å²) in [4.78, 5) is 4.47. The third-order valence-electron chi connectivity index (χ3n) is 2.91. The molecule has 0 fully saturated rings. The standard InChI is InChI=1S/C14H21N5O2/c1-11-6-14(21-3)7-12(16-11)9-19-10-13(17-18-19)8-15-4-5-20-2/h6-7,10,15H,4-5,8-9H2,1-3H3. The first-order valence-corrected chi connectivity index (χ1v) is 6.81. The highest BCUT2D eigenvalue weighted by atomic mass is 16.5. The Labute approximate surface area is 124 Å². The molecule has 2 aromatic heterocycles. The van der Waals surface area contributed by atoms with E-state index in [4.69, 9.17) is 9.47 Å². The lowest BCUT2D eigenvalue weighted by Crippen LogP contribution is -2.18. The predicted molar refractivity (Wildman–Crippen MR) is 78.2 cm³/mol. The van der Waals surface area contributed by atoms with Crippen LogP contribution < -0.4 is 10.1 Å². The minimum absolute atomic E-state index is 0.573. The van der Waals surface area contributed by atoms with Gasteiger partial charge in [-0.1, -0.05) is 5.21 Å². The minimum atomic E-state index is 0.573. The van der Waals surface area contributed by atoms with Gasteiger partial charge in [0.05, 0.1) is 37.8 Å². The second-order valence-electron chi connectivity index (χ2n) is 4.72. The zero-order valence-electron chi connectivity index (χ0n) is 12.7. The molecule has 1 N–H and O–H groups in total. The molecule has 0 atom stereocenters. The van der Waals surface area contributed by atoms with E-state index in [-0.39, 0.29) is 0 Å². The summed E-state index contributed by atoms with van der Waals surface area (Å²) in [5.41, 5.74) is 2.72. The number of aryl methyl sites for hydroxylation is 1. The summed E-state index contributed by atoms with van der Waals surface area (Å²) in [7, 11) is 3.33. The van der Waals surface area contributed by atoms with Crippen molar-refractivity contribution in [2.45, 2.75) is 20.0 Å². The molecule has 7 heteroatoms. The van der Waals surface area contributed by atoms with Crippen LogP contribution in [0.25, 0.3) is 0 Å². The highest BCUT2D eigenvalue weighted by molar-refractivity contribution is 5.26. The van der Waals surface area contributed by atoms with Gasteiger partial charge in [-0.05, 0) is 6.92 Å². The molecule has 0 saturated heterocycles. The van der Waals surface area contributed by atoms with Gasteiger partial charge in [0, 0.05) is 38.0 Å². The van der Waals surface area contributed by atoms with Crippen molar-refractivity contribution in [2.75, 3.05) is 27.4 Å². The molecule has 0 aliphatic rings. The van der Waals surface area contributed by atoms with Crippen molar-refractivity contribution < 1.29 is 9.47 Å². The van der Waals surface area contributed by atoms with E-state index in [2.05, 4.69) is 20.6 Å². The van der Waals surface area contributed by atoms with Crippen LogP contribution in [0.1, 0.15) is 17.1 Å². The largest absolute Gasteiger partial charge is 0.497 e. The Balaban J connectivity index is 1.94. The molecule has 0 unspecified atom stereocenters. The van der Waals surface area contributed by atoms with Gasteiger partial charge in [0.2, 0.25) is 0 Å². The smallest absolute Gasteiger partial charge is 0.122 e. The normalized spacial score (nSPS) is 10.8. The highest BCUT2D eigenvalue weighted by Gasteiger charge is 2.05. The molecule has 2 heterocycles. The second kappa shape index (κ2) is 7.70. The van der Waals surface area contributed by atoms with Crippen LogP contribution in [0.5, 0.6) is 5.75 Å². The topological polar surface area (TPSA) is 74.1 Å². The number of ether oxygens (including phenoxy) is 2. The van der Waals surface area contributed by atoms with Crippen molar-refractivity contribution in [3.05, 3.63) is 35.4 Å². The van der Waals surface area contributed by atoms with Crippen LogP contribution in [-0.4, -0.2) is 47.3 Å².